The van der Waals surface area contributed by atoms with Gasteiger partial charge in [-0.25, -0.2) is 18.7 Å². The van der Waals surface area contributed by atoms with Crippen molar-refractivity contribution in [2.24, 2.45) is 5.73 Å². The number of halogens is 2. The maximum Gasteiger partial charge on any atom is 0.227 e. The number of nitrogens with zero attached hydrogens (tertiary/aromatic N) is 2. The molecule has 1 heterocycles. The zero-order valence-electron chi connectivity index (χ0n) is 15.5. The highest BCUT2D eigenvalue weighted by Crippen LogP contribution is 2.27. The van der Waals surface area contributed by atoms with Crippen LogP contribution >= 0.6 is 0 Å². The van der Waals surface area contributed by atoms with E-state index in [1.54, 1.807) is 0 Å². The molecule has 28 heavy (non-hydrogen) atoms. The molecule has 2 aromatic carbocycles. The minimum absolute atomic E-state index is 0.0334. The Morgan fingerprint density at radius 1 is 1.07 bits per heavy atom. The summed E-state index contributed by atoms with van der Waals surface area (Å²) in [5.41, 5.74) is 7.46. The summed E-state index contributed by atoms with van der Waals surface area (Å²) in [4.78, 5) is 8.28. The lowest BCUT2D eigenvalue weighted by molar-refractivity contribution is 0.285. The average Bonchev–Trinajstić information content (AvgIpc) is 2.72. The monoisotopic (exact) mass is 386 g/mol. The topological polar surface area (TPSA) is 82.3 Å². The molecule has 8 heteroatoms. The van der Waals surface area contributed by atoms with Crippen LogP contribution in [0.4, 0.5) is 20.4 Å². The van der Waals surface area contributed by atoms with Crippen molar-refractivity contribution in [3.63, 3.8) is 0 Å². The summed E-state index contributed by atoms with van der Waals surface area (Å²) in [6.45, 7) is 1.69. The number of aryl methyl sites for hydroxylation is 1. The lowest BCUT2D eigenvalue weighted by atomic mass is 10.1. The second-order valence-electron chi connectivity index (χ2n) is 6.06. The number of nitrogens with one attached hydrogen (secondary N) is 1. The molecule has 0 fully saturated rings. The first-order valence-corrected chi connectivity index (χ1v) is 8.54. The van der Waals surface area contributed by atoms with Crippen molar-refractivity contribution in [1.82, 2.24) is 9.97 Å². The first-order valence-electron chi connectivity index (χ1n) is 8.54. The highest BCUT2D eigenvalue weighted by molar-refractivity contribution is 5.53. The molecule has 0 atom stereocenters. The Bertz CT molecular complexity index is 948. The van der Waals surface area contributed by atoms with E-state index < -0.39 is 11.6 Å². The minimum atomic E-state index is -0.786. The molecule has 0 aliphatic rings. The highest BCUT2D eigenvalue weighted by Gasteiger charge is 2.18. The van der Waals surface area contributed by atoms with Gasteiger partial charge in [-0.15, -0.1) is 0 Å². The second-order valence-corrected chi connectivity index (χ2v) is 6.06. The molecular weight excluding hydrogens is 366 g/mol. The number of nitrogens with two attached hydrogens (primary N) is 1. The fourth-order valence-corrected chi connectivity index (χ4v) is 2.55. The SMILES string of the molecule is COc1cc(C)c(F)c(COc2cnc(Nc3ccc(CN)cc3)nc2)c1F. The molecule has 0 aliphatic carbocycles. The molecule has 3 N–H and O–H groups in total. The molecule has 0 spiro atoms. The summed E-state index contributed by atoms with van der Waals surface area (Å²) in [5, 5.41) is 3.04. The van der Waals surface area contributed by atoms with E-state index in [2.05, 4.69) is 15.3 Å². The summed E-state index contributed by atoms with van der Waals surface area (Å²) in [6, 6.07) is 8.84. The van der Waals surface area contributed by atoms with Crippen LogP contribution in [0.1, 0.15) is 16.7 Å². The molecule has 0 amide bonds. The molecular formula is C20H20F2N4O2. The van der Waals surface area contributed by atoms with E-state index in [4.69, 9.17) is 15.2 Å². The fourth-order valence-electron chi connectivity index (χ4n) is 2.55. The highest BCUT2D eigenvalue weighted by atomic mass is 19.1. The molecule has 3 aromatic rings. The Morgan fingerprint density at radius 2 is 1.75 bits per heavy atom. The van der Waals surface area contributed by atoms with Gasteiger partial charge >= 0.3 is 0 Å². The smallest absolute Gasteiger partial charge is 0.227 e. The third kappa shape index (κ3) is 4.34. The number of methoxy groups -OCH3 is 1. The Kier molecular flexibility index (Phi) is 6.00. The van der Waals surface area contributed by atoms with Crippen molar-refractivity contribution in [3.05, 3.63) is 71.1 Å². The van der Waals surface area contributed by atoms with Crippen LogP contribution in [0.15, 0.2) is 42.7 Å². The zero-order valence-corrected chi connectivity index (χ0v) is 15.5. The third-order valence-corrected chi connectivity index (χ3v) is 4.12. The summed E-state index contributed by atoms with van der Waals surface area (Å²) in [6.07, 6.45) is 2.85. The van der Waals surface area contributed by atoms with Gasteiger partial charge < -0.3 is 20.5 Å². The van der Waals surface area contributed by atoms with Crippen LogP contribution in [0.2, 0.25) is 0 Å². The predicted octanol–water partition coefficient (Wildman–Crippen LogP) is 3.85. The number of hydrogen-bond acceptors (Lipinski definition) is 6. The lowest BCUT2D eigenvalue weighted by Crippen LogP contribution is -2.06. The maximum atomic E-state index is 14.3. The molecule has 1 aromatic heterocycles. The standard InChI is InChI=1S/C20H20F2N4O2/c1-12-7-17(27-2)19(22)16(18(12)21)11-28-15-9-24-20(25-10-15)26-14-5-3-13(8-23)4-6-14/h3-7,9-10H,8,11,23H2,1-2H3,(H,24,25,26). The van der Waals surface area contributed by atoms with E-state index >= 15 is 0 Å². The van der Waals surface area contributed by atoms with Crippen molar-refractivity contribution >= 4 is 11.6 Å². The molecule has 0 unspecified atom stereocenters. The minimum Gasteiger partial charge on any atom is -0.494 e. The van der Waals surface area contributed by atoms with Gasteiger partial charge in [-0.2, -0.15) is 0 Å². The molecule has 146 valence electrons. The Labute approximate surface area is 161 Å². The summed E-state index contributed by atoms with van der Waals surface area (Å²) in [5.74, 6) is -0.844. The van der Waals surface area contributed by atoms with Crippen LogP contribution < -0.4 is 20.5 Å². The van der Waals surface area contributed by atoms with Gasteiger partial charge in [0.15, 0.2) is 17.3 Å². The van der Waals surface area contributed by atoms with Crippen molar-refractivity contribution < 1.29 is 18.3 Å². The van der Waals surface area contributed by atoms with Crippen molar-refractivity contribution in [2.75, 3.05) is 12.4 Å². The molecule has 0 saturated carbocycles. The van der Waals surface area contributed by atoms with Crippen LogP contribution in [-0.2, 0) is 13.2 Å². The average molecular weight is 386 g/mol. The summed E-state index contributed by atoms with van der Waals surface area (Å²) >= 11 is 0. The number of benzene rings is 2. The molecule has 3 rings (SSSR count). The van der Waals surface area contributed by atoms with E-state index in [1.807, 2.05) is 24.3 Å². The molecule has 0 aliphatic heterocycles. The first-order chi connectivity index (χ1) is 13.5. The normalized spacial score (nSPS) is 10.6. The molecule has 6 nitrogen and oxygen atoms in total. The van der Waals surface area contributed by atoms with Gasteiger partial charge in [-0.1, -0.05) is 12.1 Å². The molecule has 0 saturated heterocycles. The van der Waals surface area contributed by atoms with Crippen molar-refractivity contribution in [1.29, 1.82) is 0 Å². The van der Waals surface area contributed by atoms with Gasteiger partial charge in [0.05, 0.1) is 25.1 Å². The fraction of sp³-hybridized carbons (Fsp3) is 0.200. The van der Waals surface area contributed by atoms with Crippen LogP contribution in [0, 0.1) is 18.6 Å². The number of rotatable bonds is 7. The largest absolute Gasteiger partial charge is 0.494 e. The van der Waals surface area contributed by atoms with Gasteiger partial charge in [0.25, 0.3) is 0 Å². The van der Waals surface area contributed by atoms with Gasteiger partial charge in [0.2, 0.25) is 5.95 Å². The zero-order chi connectivity index (χ0) is 20.1. The van der Waals surface area contributed by atoms with Gasteiger partial charge in [0, 0.05) is 12.2 Å². The summed E-state index contributed by atoms with van der Waals surface area (Å²) < 4.78 is 38.9. The van der Waals surface area contributed by atoms with Crippen molar-refractivity contribution in [2.45, 2.75) is 20.1 Å². The van der Waals surface area contributed by atoms with E-state index in [0.717, 1.165) is 11.3 Å². The Morgan fingerprint density at radius 3 is 2.36 bits per heavy atom. The maximum absolute atomic E-state index is 14.3. The first kappa shape index (κ1) is 19.5. The van der Waals surface area contributed by atoms with E-state index in [1.165, 1.54) is 32.5 Å². The number of ether oxygens (including phenoxy) is 2. The van der Waals surface area contributed by atoms with Crippen LogP contribution in [-0.4, -0.2) is 17.1 Å². The van der Waals surface area contributed by atoms with E-state index in [-0.39, 0.29) is 29.2 Å². The van der Waals surface area contributed by atoms with Gasteiger partial charge in [-0.3, -0.25) is 0 Å². The Hall–Kier alpha value is -3.26. The van der Waals surface area contributed by atoms with Crippen LogP contribution in [0.5, 0.6) is 11.5 Å². The molecule has 0 radical (unpaired) electrons. The Balaban J connectivity index is 1.67. The van der Waals surface area contributed by atoms with E-state index in [9.17, 15) is 8.78 Å². The van der Waals surface area contributed by atoms with Crippen molar-refractivity contribution in [3.8, 4) is 11.5 Å². The third-order valence-electron chi connectivity index (χ3n) is 4.12. The number of hydrogen-bond donors (Lipinski definition) is 2. The quantitative estimate of drug-likeness (QED) is 0.642. The van der Waals surface area contributed by atoms with Crippen LogP contribution in [0.3, 0.4) is 0 Å². The second kappa shape index (κ2) is 8.62. The van der Waals surface area contributed by atoms with Gasteiger partial charge in [0.1, 0.15) is 12.4 Å². The summed E-state index contributed by atoms with van der Waals surface area (Å²) in [7, 11) is 1.32. The molecule has 0 bridgehead atoms. The number of aromatic nitrogens is 2. The number of anilines is 2. The van der Waals surface area contributed by atoms with E-state index in [0.29, 0.717) is 12.5 Å². The predicted molar refractivity (Wildman–Crippen MR) is 102 cm³/mol. The van der Waals surface area contributed by atoms with Crippen LogP contribution in [0.25, 0.3) is 0 Å². The van der Waals surface area contributed by atoms with Gasteiger partial charge in [-0.05, 0) is 36.2 Å². The lowest BCUT2D eigenvalue weighted by Gasteiger charge is -2.12.